The van der Waals surface area contributed by atoms with E-state index in [-0.39, 0.29) is 42.0 Å². The number of benzene rings is 1. The molecule has 0 aromatic heterocycles. The molecule has 1 aromatic rings. The molecule has 1 atom stereocenters. The summed E-state index contributed by atoms with van der Waals surface area (Å²) in [5.74, 6) is -0.0852. The summed E-state index contributed by atoms with van der Waals surface area (Å²) in [7, 11) is 2.07. The highest BCUT2D eigenvalue weighted by atomic mass is 35.5. The van der Waals surface area contributed by atoms with Gasteiger partial charge in [-0.25, -0.2) is 0 Å². The van der Waals surface area contributed by atoms with Crippen molar-refractivity contribution in [1.29, 1.82) is 0 Å². The summed E-state index contributed by atoms with van der Waals surface area (Å²) in [5.41, 5.74) is 7.26. The lowest BCUT2D eigenvalue weighted by Gasteiger charge is -2.32. The number of piperazine rings is 1. The van der Waals surface area contributed by atoms with Gasteiger partial charge in [0.25, 0.3) is 0 Å². The highest BCUT2D eigenvalue weighted by Crippen LogP contribution is 2.19. The maximum Gasteiger partial charge on any atom is 0.241 e. The van der Waals surface area contributed by atoms with E-state index in [0.717, 1.165) is 31.7 Å². The van der Waals surface area contributed by atoms with Crippen molar-refractivity contribution in [3.63, 3.8) is 0 Å². The Balaban J connectivity index is 0.00000338. The number of anilines is 1. The van der Waals surface area contributed by atoms with Crippen LogP contribution < -0.4 is 11.1 Å². The molecule has 0 aliphatic carbocycles. The zero-order chi connectivity index (χ0) is 18.6. The van der Waals surface area contributed by atoms with E-state index in [1.165, 1.54) is 0 Å². The van der Waals surface area contributed by atoms with Crippen LogP contribution in [0.25, 0.3) is 0 Å². The molecule has 1 aliphatic heterocycles. The van der Waals surface area contributed by atoms with Crippen molar-refractivity contribution in [2.75, 3.05) is 38.5 Å². The molecule has 6 nitrogen and oxygen atoms in total. The molecule has 27 heavy (non-hydrogen) atoms. The highest BCUT2D eigenvalue weighted by molar-refractivity contribution is 5.95. The van der Waals surface area contributed by atoms with E-state index in [4.69, 9.17) is 5.73 Å². The molecule has 2 amide bonds. The Labute approximate surface area is 174 Å². The summed E-state index contributed by atoms with van der Waals surface area (Å²) in [5, 5.41) is 2.85. The Morgan fingerprint density at radius 2 is 1.74 bits per heavy atom. The van der Waals surface area contributed by atoms with Crippen LogP contribution in [0.1, 0.15) is 26.3 Å². The van der Waals surface area contributed by atoms with Gasteiger partial charge < -0.3 is 20.9 Å². The number of hydrogen-bond acceptors (Lipinski definition) is 4. The van der Waals surface area contributed by atoms with Gasteiger partial charge in [0.05, 0.1) is 12.5 Å². The molecule has 1 heterocycles. The van der Waals surface area contributed by atoms with Crippen LogP contribution in [0.3, 0.4) is 0 Å². The van der Waals surface area contributed by atoms with Crippen LogP contribution >= 0.6 is 24.8 Å². The first-order valence-corrected chi connectivity index (χ1v) is 8.78. The molecule has 0 saturated carbocycles. The number of nitrogens with two attached hydrogens (primary N) is 1. The van der Waals surface area contributed by atoms with Gasteiger partial charge in [-0.3, -0.25) is 9.59 Å². The Morgan fingerprint density at radius 1 is 1.15 bits per heavy atom. The topological polar surface area (TPSA) is 78.7 Å². The average Bonchev–Trinajstić information content (AvgIpc) is 2.54. The minimum absolute atomic E-state index is 0. The van der Waals surface area contributed by atoms with Crippen LogP contribution in [-0.4, -0.2) is 60.9 Å². The second-order valence-corrected chi connectivity index (χ2v) is 7.89. The number of amides is 2. The first kappa shape index (κ1) is 25.7. The van der Waals surface area contributed by atoms with Gasteiger partial charge in [-0.05, 0) is 30.2 Å². The van der Waals surface area contributed by atoms with Crippen molar-refractivity contribution in [3.05, 3.63) is 29.8 Å². The van der Waals surface area contributed by atoms with Gasteiger partial charge >= 0.3 is 0 Å². The average molecular weight is 419 g/mol. The summed E-state index contributed by atoms with van der Waals surface area (Å²) >= 11 is 0. The first-order valence-electron chi connectivity index (χ1n) is 8.78. The van der Waals surface area contributed by atoms with Gasteiger partial charge in [-0.15, -0.1) is 24.8 Å². The predicted molar refractivity (Wildman–Crippen MR) is 115 cm³/mol. The number of rotatable bonds is 4. The second kappa shape index (κ2) is 10.9. The third-order valence-corrected chi connectivity index (χ3v) is 4.62. The van der Waals surface area contributed by atoms with Gasteiger partial charge in [-0.2, -0.15) is 0 Å². The van der Waals surface area contributed by atoms with Gasteiger partial charge in [0, 0.05) is 31.9 Å². The zero-order valence-corrected chi connectivity index (χ0v) is 18.2. The number of likely N-dealkylation sites (N-methyl/N-ethyl adjacent to an activating group) is 1. The van der Waals surface area contributed by atoms with E-state index >= 15 is 0 Å². The van der Waals surface area contributed by atoms with Crippen molar-refractivity contribution < 1.29 is 9.59 Å². The normalized spacial score (nSPS) is 16.0. The summed E-state index contributed by atoms with van der Waals surface area (Å²) < 4.78 is 0. The molecule has 1 aromatic carbocycles. The standard InChI is InChI=1S/C19H30N4O2.2ClH/c1-19(2,3)17(20)18(25)21-15-7-5-6-14(12-15)13-16(24)23-10-8-22(4)9-11-23;;/h5-7,12,17H,8-11,13,20H2,1-4H3,(H,21,25);2*1H/t17-;;/m1../s1. The Kier molecular flexibility index (Phi) is 10.3. The number of halogens is 2. The third-order valence-electron chi connectivity index (χ3n) is 4.62. The van der Waals surface area contributed by atoms with Crippen LogP contribution in [0.5, 0.6) is 0 Å². The Bertz CT molecular complexity index is 626. The minimum atomic E-state index is -0.594. The Morgan fingerprint density at radius 3 is 2.30 bits per heavy atom. The molecule has 1 saturated heterocycles. The summed E-state index contributed by atoms with van der Waals surface area (Å²) in [6, 6.07) is 6.83. The second-order valence-electron chi connectivity index (χ2n) is 7.89. The number of carbonyl (C=O) groups excluding carboxylic acids is 2. The van der Waals surface area contributed by atoms with Crippen LogP contribution in [0.2, 0.25) is 0 Å². The van der Waals surface area contributed by atoms with Gasteiger partial charge in [0.1, 0.15) is 0 Å². The highest BCUT2D eigenvalue weighted by Gasteiger charge is 2.27. The Hall–Kier alpha value is -1.34. The van der Waals surface area contributed by atoms with E-state index in [2.05, 4.69) is 17.3 Å². The van der Waals surface area contributed by atoms with Crippen molar-refractivity contribution in [3.8, 4) is 0 Å². The monoisotopic (exact) mass is 418 g/mol. The maximum absolute atomic E-state index is 12.4. The zero-order valence-electron chi connectivity index (χ0n) is 16.5. The van der Waals surface area contributed by atoms with Gasteiger partial charge in [0.15, 0.2) is 0 Å². The molecule has 3 N–H and O–H groups in total. The van der Waals surface area contributed by atoms with Crippen LogP contribution in [0.15, 0.2) is 24.3 Å². The molecule has 8 heteroatoms. The van der Waals surface area contributed by atoms with E-state index in [1.54, 1.807) is 0 Å². The predicted octanol–water partition coefficient (Wildman–Crippen LogP) is 2.16. The molecule has 1 fully saturated rings. The van der Waals surface area contributed by atoms with Gasteiger partial charge in [0.2, 0.25) is 11.8 Å². The summed E-state index contributed by atoms with van der Waals surface area (Å²) in [6.45, 7) is 9.16. The molecular weight excluding hydrogens is 387 g/mol. The first-order chi connectivity index (χ1) is 11.7. The SMILES string of the molecule is CN1CCN(C(=O)Cc2cccc(NC(=O)[C@@H](N)C(C)(C)C)c2)CC1.Cl.Cl. The van der Waals surface area contributed by atoms with Crippen molar-refractivity contribution >= 4 is 42.3 Å². The molecule has 0 unspecified atom stereocenters. The molecular formula is C19H32Cl2N4O2. The number of nitrogens with zero attached hydrogens (tertiary/aromatic N) is 2. The van der Waals surface area contributed by atoms with E-state index in [9.17, 15) is 9.59 Å². The molecule has 0 spiro atoms. The third kappa shape index (κ3) is 7.66. The lowest BCUT2D eigenvalue weighted by Crippen LogP contribution is -2.47. The lowest BCUT2D eigenvalue weighted by atomic mass is 9.87. The minimum Gasteiger partial charge on any atom is -0.340 e. The van der Waals surface area contributed by atoms with Crippen LogP contribution in [-0.2, 0) is 16.0 Å². The fourth-order valence-corrected chi connectivity index (χ4v) is 2.71. The smallest absolute Gasteiger partial charge is 0.241 e. The quantitative estimate of drug-likeness (QED) is 0.784. The van der Waals surface area contributed by atoms with Crippen LogP contribution in [0.4, 0.5) is 5.69 Å². The summed E-state index contributed by atoms with van der Waals surface area (Å²) in [6.07, 6.45) is 0.346. The van der Waals surface area contributed by atoms with E-state index in [1.807, 2.05) is 49.9 Å². The molecule has 1 aliphatic rings. The number of carbonyl (C=O) groups is 2. The summed E-state index contributed by atoms with van der Waals surface area (Å²) in [4.78, 5) is 28.8. The fraction of sp³-hybridized carbons (Fsp3) is 0.579. The van der Waals surface area contributed by atoms with E-state index in [0.29, 0.717) is 12.1 Å². The van der Waals surface area contributed by atoms with Crippen molar-refractivity contribution in [1.82, 2.24) is 9.80 Å². The van der Waals surface area contributed by atoms with Gasteiger partial charge in [-0.1, -0.05) is 32.9 Å². The fourth-order valence-electron chi connectivity index (χ4n) is 2.71. The lowest BCUT2D eigenvalue weighted by molar-refractivity contribution is -0.132. The van der Waals surface area contributed by atoms with E-state index < -0.39 is 6.04 Å². The van der Waals surface area contributed by atoms with Crippen molar-refractivity contribution in [2.45, 2.75) is 33.2 Å². The molecule has 0 bridgehead atoms. The van der Waals surface area contributed by atoms with Crippen LogP contribution in [0, 0.1) is 5.41 Å². The molecule has 2 rings (SSSR count). The number of hydrogen-bond donors (Lipinski definition) is 2. The molecule has 0 radical (unpaired) electrons. The molecule has 154 valence electrons. The maximum atomic E-state index is 12.4. The van der Waals surface area contributed by atoms with Crippen molar-refractivity contribution in [2.24, 2.45) is 11.1 Å². The largest absolute Gasteiger partial charge is 0.340 e. The number of nitrogens with one attached hydrogen (secondary N) is 1.